The predicted octanol–water partition coefficient (Wildman–Crippen LogP) is 5.18. The van der Waals surface area contributed by atoms with E-state index in [1.54, 1.807) is 11.1 Å². The van der Waals surface area contributed by atoms with Crippen LogP contribution in [0.25, 0.3) is 0 Å². The van der Waals surface area contributed by atoms with Gasteiger partial charge in [0.05, 0.1) is 0 Å². The summed E-state index contributed by atoms with van der Waals surface area (Å²) in [5.41, 5.74) is 3.16. The van der Waals surface area contributed by atoms with E-state index in [0.717, 1.165) is 17.9 Å². The van der Waals surface area contributed by atoms with Crippen LogP contribution in [0.15, 0.2) is 24.3 Å². The second-order valence-corrected chi connectivity index (χ2v) is 6.89. The van der Waals surface area contributed by atoms with Crippen LogP contribution in [0.3, 0.4) is 0 Å². The smallest absolute Gasteiger partial charge is 0.0325 e. The van der Waals surface area contributed by atoms with Gasteiger partial charge in [-0.2, -0.15) is 0 Å². The molecule has 0 radical (unpaired) electrons. The summed E-state index contributed by atoms with van der Waals surface area (Å²) in [6.07, 6.45) is 9.64. The lowest BCUT2D eigenvalue weighted by Crippen LogP contribution is -2.41. The van der Waals surface area contributed by atoms with Crippen molar-refractivity contribution in [3.8, 4) is 0 Å². The van der Waals surface area contributed by atoms with E-state index in [-0.39, 0.29) is 0 Å². The third kappa shape index (κ3) is 2.79. The van der Waals surface area contributed by atoms with Crippen molar-refractivity contribution in [1.82, 2.24) is 5.32 Å². The van der Waals surface area contributed by atoms with Crippen LogP contribution in [0.4, 0.5) is 0 Å². The highest BCUT2D eigenvalue weighted by atomic mass is 15.0. The number of hydrogen-bond acceptors (Lipinski definition) is 1. The summed E-state index contributed by atoms with van der Waals surface area (Å²) in [7, 11) is 0. The fourth-order valence-corrected chi connectivity index (χ4v) is 4.35. The summed E-state index contributed by atoms with van der Waals surface area (Å²) in [5, 5.41) is 4.04. The summed E-state index contributed by atoms with van der Waals surface area (Å²) in [4.78, 5) is 0. The van der Waals surface area contributed by atoms with Crippen molar-refractivity contribution in [3.63, 3.8) is 0 Å². The maximum Gasteiger partial charge on any atom is 0.0325 e. The molecular formula is C19H29N. The summed E-state index contributed by atoms with van der Waals surface area (Å²) >= 11 is 0. The van der Waals surface area contributed by atoms with Gasteiger partial charge >= 0.3 is 0 Å². The van der Waals surface area contributed by atoms with Gasteiger partial charge in [0.1, 0.15) is 0 Å². The van der Waals surface area contributed by atoms with E-state index in [4.69, 9.17) is 0 Å². The number of rotatable bonds is 3. The molecule has 4 unspecified atom stereocenters. The molecule has 1 fully saturated rings. The van der Waals surface area contributed by atoms with Crippen LogP contribution in [-0.2, 0) is 0 Å². The van der Waals surface area contributed by atoms with Crippen LogP contribution in [0.5, 0.6) is 0 Å². The Bertz CT molecular complexity index is 439. The quantitative estimate of drug-likeness (QED) is 0.798. The zero-order chi connectivity index (χ0) is 13.9. The van der Waals surface area contributed by atoms with Crippen molar-refractivity contribution in [3.05, 3.63) is 35.4 Å². The minimum atomic E-state index is 0.597. The molecule has 3 rings (SSSR count). The highest BCUT2D eigenvalue weighted by Gasteiger charge is 2.29. The molecule has 0 bridgehead atoms. The molecule has 0 saturated heterocycles. The minimum absolute atomic E-state index is 0.597. The van der Waals surface area contributed by atoms with Crippen LogP contribution in [-0.4, -0.2) is 6.04 Å². The first kappa shape index (κ1) is 14.1. The van der Waals surface area contributed by atoms with Gasteiger partial charge in [0.15, 0.2) is 0 Å². The van der Waals surface area contributed by atoms with Crippen molar-refractivity contribution in [1.29, 1.82) is 0 Å². The van der Waals surface area contributed by atoms with Crippen LogP contribution in [0.1, 0.15) is 81.9 Å². The zero-order valence-corrected chi connectivity index (χ0v) is 13.1. The van der Waals surface area contributed by atoms with Gasteiger partial charge in [-0.05, 0) is 48.6 Å². The van der Waals surface area contributed by atoms with Gasteiger partial charge < -0.3 is 5.32 Å². The first-order valence-corrected chi connectivity index (χ1v) is 8.64. The molecule has 1 nitrogen and oxygen atoms in total. The first-order valence-electron chi connectivity index (χ1n) is 8.64. The lowest BCUT2D eigenvalue weighted by Gasteiger charge is -2.38. The van der Waals surface area contributed by atoms with E-state index in [0.29, 0.717) is 6.04 Å². The Kier molecular flexibility index (Phi) is 4.45. The zero-order valence-electron chi connectivity index (χ0n) is 13.1. The highest BCUT2D eigenvalue weighted by molar-refractivity contribution is 5.35. The second-order valence-electron chi connectivity index (χ2n) is 6.89. The Morgan fingerprint density at radius 2 is 1.75 bits per heavy atom. The standard InChI is InChI=1S/C19H29N/c1-3-15-8-4-7-11-18(15)20-19-13-12-14(2)16-9-5-6-10-17(16)19/h5-6,9-10,14-15,18-20H,3-4,7-8,11-13H2,1-2H3. The summed E-state index contributed by atoms with van der Waals surface area (Å²) < 4.78 is 0. The summed E-state index contributed by atoms with van der Waals surface area (Å²) in [5.74, 6) is 1.63. The third-order valence-electron chi connectivity index (χ3n) is 5.64. The molecule has 0 spiro atoms. The van der Waals surface area contributed by atoms with Crippen molar-refractivity contribution >= 4 is 0 Å². The average Bonchev–Trinajstić information content (AvgIpc) is 2.51. The SMILES string of the molecule is CCC1CCCCC1NC1CCC(C)c2ccccc21. The van der Waals surface area contributed by atoms with E-state index >= 15 is 0 Å². The Balaban J connectivity index is 1.76. The van der Waals surface area contributed by atoms with Gasteiger partial charge in [-0.1, -0.05) is 57.4 Å². The first-order chi connectivity index (χ1) is 9.79. The summed E-state index contributed by atoms with van der Waals surface area (Å²) in [6, 6.07) is 10.5. The molecule has 2 aliphatic rings. The van der Waals surface area contributed by atoms with E-state index < -0.39 is 0 Å². The van der Waals surface area contributed by atoms with Crippen molar-refractivity contribution < 1.29 is 0 Å². The van der Waals surface area contributed by atoms with Crippen LogP contribution >= 0.6 is 0 Å². The van der Waals surface area contributed by atoms with E-state index in [1.807, 2.05) is 0 Å². The molecule has 2 aliphatic carbocycles. The topological polar surface area (TPSA) is 12.0 Å². The minimum Gasteiger partial charge on any atom is -0.307 e. The molecule has 1 saturated carbocycles. The van der Waals surface area contributed by atoms with Gasteiger partial charge in [0, 0.05) is 12.1 Å². The van der Waals surface area contributed by atoms with E-state index in [1.165, 1.54) is 44.9 Å². The Labute approximate surface area is 124 Å². The fraction of sp³-hybridized carbons (Fsp3) is 0.684. The maximum absolute atomic E-state index is 4.04. The molecule has 20 heavy (non-hydrogen) atoms. The van der Waals surface area contributed by atoms with Gasteiger partial charge in [-0.3, -0.25) is 0 Å². The molecule has 4 atom stereocenters. The molecule has 0 amide bonds. The summed E-state index contributed by atoms with van der Waals surface area (Å²) in [6.45, 7) is 4.74. The predicted molar refractivity (Wildman–Crippen MR) is 86.0 cm³/mol. The third-order valence-corrected chi connectivity index (χ3v) is 5.64. The Hall–Kier alpha value is -0.820. The van der Waals surface area contributed by atoms with Crippen molar-refractivity contribution in [2.45, 2.75) is 76.8 Å². The van der Waals surface area contributed by atoms with E-state index in [2.05, 4.69) is 43.4 Å². The molecule has 0 aromatic heterocycles. The molecule has 1 heteroatoms. The normalized spacial score (nSPS) is 33.7. The van der Waals surface area contributed by atoms with E-state index in [9.17, 15) is 0 Å². The monoisotopic (exact) mass is 271 g/mol. The van der Waals surface area contributed by atoms with Crippen LogP contribution < -0.4 is 5.32 Å². The number of fused-ring (bicyclic) bond motifs is 1. The lowest BCUT2D eigenvalue weighted by molar-refractivity contribution is 0.227. The van der Waals surface area contributed by atoms with Gasteiger partial charge in [-0.15, -0.1) is 0 Å². The number of nitrogens with one attached hydrogen (secondary N) is 1. The van der Waals surface area contributed by atoms with Gasteiger partial charge in [0.25, 0.3) is 0 Å². The molecule has 110 valence electrons. The average molecular weight is 271 g/mol. The molecule has 0 aliphatic heterocycles. The van der Waals surface area contributed by atoms with Gasteiger partial charge in [-0.25, -0.2) is 0 Å². The highest BCUT2D eigenvalue weighted by Crippen LogP contribution is 2.38. The Morgan fingerprint density at radius 1 is 1.00 bits per heavy atom. The molecular weight excluding hydrogens is 242 g/mol. The number of benzene rings is 1. The Morgan fingerprint density at radius 3 is 2.55 bits per heavy atom. The van der Waals surface area contributed by atoms with Gasteiger partial charge in [0.2, 0.25) is 0 Å². The van der Waals surface area contributed by atoms with Crippen molar-refractivity contribution in [2.75, 3.05) is 0 Å². The van der Waals surface area contributed by atoms with Crippen molar-refractivity contribution in [2.24, 2.45) is 5.92 Å². The van der Waals surface area contributed by atoms with Crippen LogP contribution in [0, 0.1) is 5.92 Å². The second kappa shape index (κ2) is 6.30. The fourth-order valence-electron chi connectivity index (χ4n) is 4.35. The van der Waals surface area contributed by atoms with Crippen LogP contribution in [0.2, 0.25) is 0 Å². The number of hydrogen-bond donors (Lipinski definition) is 1. The lowest BCUT2D eigenvalue weighted by atomic mass is 9.78. The molecule has 0 heterocycles. The largest absolute Gasteiger partial charge is 0.307 e. The maximum atomic E-state index is 4.04. The molecule has 1 aromatic carbocycles. The molecule has 1 aromatic rings. The molecule has 1 N–H and O–H groups in total.